The first kappa shape index (κ1) is 20.0. The van der Waals surface area contributed by atoms with E-state index in [4.69, 9.17) is 0 Å². The summed E-state index contributed by atoms with van der Waals surface area (Å²) in [6.45, 7) is 1.94. The Hall–Kier alpha value is -3.74. The average molecular weight is 392 g/mol. The van der Waals surface area contributed by atoms with Crippen LogP contribution in [-0.4, -0.2) is 23.3 Å². The third kappa shape index (κ3) is 5.87. The number of halogens is 1. The van der Waals surface area contributed by atoms with Crippen LogP contribution in [-0.2, 0) is 11.2 Å². The molecule has 3 aromatic rings. The molecule has 1 aromatic heterocycles. The van der Waals surface area contributed by atoms with Crippen LogP contribution in [0.5, 0.6) is 0 Å². The number of hydrogen-bond donors (Lipinski definition) is 3. The van der Waals surface area contributed by atoms with Gasteiger partial charge in [-0.3, -0.25) is 14.6 Å². The van der Waals surface area contributed by atoms with Crippen molar-refractivity contribution in [2.24, 2.45) is 0 Å². The van der Waals surface area contributed by atoms with Gasteiger partial charge in [-0.15, -0.1) is 0 Å². The quantitative estimate of drug-likeness (QED) is 0.566. The van der Waals surface area contributed by atoms with E-state index in [2.05, 4.69) is 20.9 Å². The first-order valence-electron chi connectivity index (χ1n) is 9.13. The summed E-state index contributed by atoms with van der Waals surface area (Å²) in [6.07, 6.45) is 2.06. The van der Waals surface area contributed by atoms with E-state index in [0.717, 1.165) is 0 Å². The number of pyridine rings is 1. The number of nitrogens with zero attached hydrogens (tertiary/aromatic N) is 1. The number of carbonyl (C=O) groups excluding carboxylic acids is 2. The molecule has 0 saturated heterocycles. The molecule has 0 radical (unpaired) electrons. The summed E-state index contributed by atoms with van der Waals surface area (Å²) in [7, 11) is 0. The first-order chi connectivity index (χ1) is 14.0. The van der Waals surface area contributed by atoms with Crippen LogP contribution >= 0.6 is 0 Å². The minimum Gasteiger partial charge on any atom is -0.385 e. The summed E-state index contributed by atoms with van der Waals surface area (Å²) in [5.74, 6) is -0.794. The van der Waals surface area contributed by atoms with Crippen LogP contribution in [0.2, 0.25) is 0 Å². The van der Waals surface area contributed by atoms with Gasteiger partial charge in [-0.2, -0.15) is 0 Å². The lowest BCUT2D eigenvalue weighted by Crippen LogP contribution is -2.15. The van der Waals surface area contributed by atoms with Crippen LogP contribution in [0.1, 0.15) is 23.0 Å². The molecular weight excluding hydrogens is 371 g/mol. The van der Waals surface area contributed by atoms with E-state index in [1.54, 1.807) is 54.6 Å². The zero-order chi connectivity index (χ0) is 20.6. The SMILES string of the molecule is CC(=O)Nc1cccc(NC(=O)c2cc(NCCc3ccccc3F)ccn2)c1. The Morgan fingerprint density at radius 1 is 0.931 bits per heavy atom. The summed E-state index contributed by atoms with van der Waals surface area (Å²) < 4.78 is 13.7. The van der Waals surface area contributed by atoms with Gasteiger partial charge >= 0.3 is 0 Å². The maximum atomic E-state index is 13.7. The van der Waals surface area contributed by atoms with Gasteiger partial charge in [-0.25, -0.2) is 4.39 Å². The van der Waals surface area contributed by atoms with E-state index < -0.39 is 0 Å². The monoisotopic (exact) mass is 392 g/mol. The van der Waals surface area contributed by atoms with Crippen molar-refractivity contribution in [3.05, 3.63) is 83.9 Å². The van der Waals surface area contributed by atoms with Gasteiger partial charge < -0.3 is 16.0 Å². The number of anilines is 3. The van der Waals surface area contributed by atoms with E-state index >= 15 is 0 Å². The lowest BCUT2D eigenvalue weighted by Gasteiger charge is -2.10. The van der Waals surface area contributed by atoms with E-state index in [1.807, 2.05) is 0 Å². The van der Waals surface area contributed by atoms with Gasteiger partial charge in [0.25, 0.3) is 5.91 Å². The smallest absolute Gasteiger partial charge is 0.274 e. The fourth-order valence-electron chi connectivity index (χ4n) is 2.78. The van der Waals surface area contributed by atoms with E-state index in [0.29, 0.717) is 35.6 Å². The van der Waals surface area contributed by atoms with Gasteiger partial charge in [0, 0.05) is 36.7 Å². The molecule has 0 aliphatic heterocycles. The summed E-state index contributed by atoms with van der Waals surface area (Å²) in [5.41, 5.74) is 2.72. The number of benzene rings is 2. The van der Waals surface area contributed by atoms with Gasteiger partial charge in [0.2, 0.25) is 5.91 Å². The Morgan fingerprint density at radius 2 is 1.69 bits per heavy atom. The molecule has 0 unspecified atom stereocenters. The third-order valence-electron chi connectivity index (χ3n) is 4.11. The molecule has 2 aromatic carbocycles. The molecule has 2 amide bonds. The fraction of sp³-hybridized carbons (Fsp3) is 0.136. The van der Waals surface area contributed by atoms with Gasteiger partial charge in [0.1, 0.15) is 11.5 Å². The predicted molar refractivity (Wildman–Crippen MR) is 112 cm³/mol. The molecule has 0 aliphatic carbocycles. The van der Waals surface area contributed by atoms with Crippen LogP contribution in [0.4, 0.5) is 21.5 Å². The van der Waals surface area contributed by atoms with Crippen LogP contribution in [0, 0.1) is 5.82 Å². The third-order valence-corrected chi connectivity index (χ3v) is 4.11. The van der Waals surface area contributed by atoms with Crippen molar-refractivity contribution in [3.63, 3.8) is 0 Å². The Bertz CT molecular complexity index is 1020. The van der Waals surface area contributed by atoms with E-state index in [9.17, 15) is 14.0 Å². The lowest BCUT2D eigenvalue weighted by atomic mass is 10.1. The van der Waals surface area contributed by atoms with Gasteiger partial charge in [0.15, 0.2) is 0 Å². The summed E-state index contributed by atoms with van der Waals surface area (Å²) in [5, 5.41) is 8.60. The van der Waals surface area contributed by atoms with Gasteiger partial charge in [-0.1, -0.05) is 24.3 Å². The highest BCUT2D eigenvalue weighted by Gasteiger charge is 2.09. The summed E-state index contributed by atoms with van der Waals surface area (Å²) in [4.78, 5) is 27.8. The van der Waals surface area contributed by atoms with Crippen molar-refractivity contribution in [3.8, 4) is 0 Å². The Kier molecular flexibility index (Phi) is 6.52. The molecular formula is C22H21FN4O2. The molecule has 3 N–H and O–H groups in total. The van der Waals surface area contributed by atoms with Crippen molar-refractivity contribution in [2.45, 2.75) is 13.3 Å². The largest absolute Gasteiger partial charge is 0.385 e. The average Bonchev–Trinajstić information content (AvgIpc) is 2.69. The van der Waals surface area contributed by atoms with Crippen LogP contribution in [0.25, 0.3) is 0 Å². The Balaban J connectivity index is 1.60. The topological polar surface area (TPSA) is 83.1 Å². The molecule has 148 valence electrons. The molecule has 3 rings (SSSR count). The summed E-state index contributed by atoms with van der Waals surface area (Å²) >= 11 is 0. The highest BCUT2D eigenvalue weighted by Crippen LogP contribution is 2.17. The molecule has 6 nitrogen and oxygen atoms in total. The normalized spacial score (nSPS) is 10.3. The molecule has 29 heavy (non-hydrogen) atoms. The zero-order valence-corrected chi connectivity index (χ0v) is 15.9. The molecule has 0 bridgehead atoms. The predicted octanol–water partition coefficient (Wildman–Crippen LogP) is 4.09. The summed E-state index contributed by atoms with van der Waals surface area (Å²) in [6, 6.07) is 16.9. The van der Waals surface area contributed by atoms with Crippen molar-refractivity contribution in [1.29, 1.82) is 0 Å². The van der Waals surface area contributed by atoms with Gasteiger partial charge in [0.05, 0.1) is 0 Å². The fourth-order valence-corrected chi connectivity index (χ4v) is 2.78. The molecule has 7 heteroatoms. The van der Waals surface area contributed by atoms with Crippen LogP contribution in [0.15, 0.2) is 66.9 Å². The second-order valence-corrected chi connectivity index (χ2v) is 6.41. The molecule has 1 heterocycles. The lowest BCUT2D eigenvalue weighted by molar-refractivity contribution is -0.114. The maximum absolute atomic E-state index is 13.7. The van der Waals surface area contributed by atoms with Crippen molar-refractivity contribution in [2.75, 3.05) is 22.5 Å². The van der Waals surface area contributed by atoms with E-state index in [1.165, 1.54) is 19.2 Å². The first-order valence-corrected chi connectivity index (χ1v) is 9.13. The molecule has 0 spiro atoms. The Labute approximate surface area is 168 Å². The maximum Gasteiger partial charge on any atom is 0.274 e. The minimum atomic E-state index is -0.372. The minimum absolute atomic E-state index is 0.190. The number of hydrogen-bond acceptors (Lipinski definition) is 4. The number of rotatable bonds is 7. The Morgan fingerprint density at radius 3 is 2.45 bits per heavy atom. The zero-order valence-electron chi connectivity index (χ0n) is 15.9. The molecule has 0 aliphatic rings. The second-order valence-electron chi connectivity index (χ2n) is 6.41. The highest BCUT2D eigenvalue weighted by atomic mass is 19.1. The second kappa shape index (κ2) is 9.45. The molecule has 0 atom stereocenters. The molecule has 0 saturated carbocycles. The van der Waals surface area contributed by atoms with E-state index in [-0.39, 0.29) is 23.3 Å². The van der Waals surface area contributed by atoms with Crippen LogP contribution < -0.4 is 16.0 Å². The number of amides is 2. The number of aromatic nitrogens is 1. The van der Waals surface area contributed by atoms with Crippen LogP contribution in [0.3, 0.4) is 0 Å². The number of nitrogens with one attached hydrogen (secondary N) is 3. The number of carbonyl (C=O) groups is 2. The standard InChI is InChI=1S/C22H21FN4O2/c1-15(28)26-18-6-4-7-19(13-18)27-22(29)21-14-17(10-12-25-21)24-11-9-16-5-2-3-8-20(16)23/h2-8,10,12-14H,9,11H2,1H3,(H,24,25)(H,26,28)(H,27,29). The molecule has 0 fully saturated rings. The van der Waals surface area contributed by atoms with Crippen molar-refractivity contribution >= 4 is 28.9 Å². The highest BCUT2D eigenvalue weighted by molar-refractivity contribution is 6.03. The van der Waals surface area contributed by atoms with Gasteiger partial charge in [-0.05, 0) is 48.4 Å². The van der Waals surface area contributed by atoms with Crippen molar-refractivity contribution in [1.82, 2.24) is 4.98 Å². The van der Waals surface area contributed by atoms with Crippen molar-refractivity contribution < 1.29 is 14.0 Å².